The lowest BCUT2D eigenvalue weighted by Crippen LogP contribution is -2.52. The van der Waals surface area contributed by atoms with Crippen molar-refractivity contribution in [1.29, 1.82) is 0 Å². The zero-order valence-electron chi connectivity index (χ0n) is 17.9. The van der Waals surface area contributed by atoms with Crippen LogP contribution in [0.25, 0.3) is 0 Å². The standard InChI is InChI=1S/C23H24N4O5/c1-3-15-9-17(10-24-13(15)2)25-23(31)32-12-14-4-5-16-11-27(22(30)18(16)8-14)19-6-7-20(28)26-21(19)29/h4-5,8-10,19H,3,6-7,11-12H2,1-2H3,(H,25,31)(H,26,28,29). The Bertz CT molecular complexity index is 1110. The number of nitrogens with one attached hydrogen (secondary N) is 2. The molecular formula is C23H24N4O5. The van der Waals surface area contributed by atoms with Crippen molar-refractivity contribution in [3.63, 3.8) is 0 Å². The maximum Gasteiger partial charge on any atom is 0.412 e. The van der Waals surface area contributed by atoms with Crippen LogP contribution in [0.3, 0.4) is 0 Å². The number of ether oxygens (including phenoxy) is 1. The average molecular weight is 436 g/mol. The first-order valence-corrected chi connectivity index (χ1v) is 10.5. The Morgan fingerprint density at radius 1 is 1.28 bits per heavy atom. The Morgan fingerprint density at radius 2 is 2.09 bits per heavy atom. The lowest BCUT2D eigenvalue weighted by atomic mass is 10.0. The second kappa shape index (κ2) is 8.78. The van der Waals surface area contributed by atoms with Crippen molar-refractivity contribution in [3.8, 4) is 0 Å². The highest BCUT2D eigenvalue weighted by atomic mass is 16.5. The predicted octanol–water partition coefficient (Wildman–Crippen LogP) is 2.46. The molecule has 9 nitrogen and oxygen atoms in total. The fourth-order valence-electron chi connectivity index (χ4n) is 4.00. The first-order chi connectivity index (χ1) is 15.4. The molecule has 0 aliphatic carbocycles. The maximum absolute atomic E-state index is 12.9. The molecule has 2 aliphatic rings. The minimum absolute atomic E-state index is 0.00919. The van der Waals surface area contributed by atoms with Gasteiger partial charge >= 0.3 is 6.09 Å². The van der Waals surface area contributed by atoms with Crippen molar-refractivity contribution in [3.05, 3.63) is 58.4 Å². The zero-order valence-corrected chi connectivity index (χ0v) is 17.9. The van der Waals surface area contributed by atoms with E-state index < -0.39 is 18.0 Å². The molecular weight excluding hydrogens is 412 g/mol. The molecule has 0 bridgehead atoms. The third-order valence-corrected chi connectivity index (χ3v) is 5.78. The second-order valence-electron chi connectivity index (χ2n) is 7.91. The molecule has 4 rings (SSSR count). The van der Waals surface area contributed by atoms with Crippen LogP contribution in [0.15, 0.2) is 30.5 Å². The first kappa shape index (κ1) is 21.5. The zero-order chi connectivity index (χ0) is 22.8. The maximum atomic E-state index is 12.9. The number of carbonyl (C=O) groups excluding carboxylic acids is 4. The van der Waals surface area contributed by atoms with Crippen LogP contribution < -0.4 is 10.6 Å². The van der Waals surface area contributed by atoms with Crippen LogP contribution in [-0.4, -0.2) is 39.7 Å². The second-order valence-corrected chi connectivity index (χ2v) is 7.91. The molecule has 9 heteroatoms. The Hall–Kier alpha value is -3.75. The SMILES string of the molecule is CCc1cc(NC(=O)OCc2ccc3c(c2)C(=O)N(C2CCC(=O)NC2=O)C3)cnc1C. The van der Waals surface area contributed by atoms with Gasteiger partial charge in [-0.15, -0.1) is 0 Å². The minimum Gasteiger partial charge on any atom is -0.444 e. The number of anilines is 1. The summed E-state index contributed by atoms with van der Waals surface area (Å²) in [4.78, 5) is 54.3. The summed E-state index contributed by atoms with van der Waals surface area (Å²) in [6.07, 6.45) is 2.29. The fraction of sp³-hybridized carbons (Fsp3) is 0.348. The number of nitrogens with zero attached hydrogens (tertiary/aromatic N) is 2. The number of hydrogen-bond donors (Lipinski definition) is 2. The van der Waals surface area contributed by atoms with Crippen molar-refractivity contribution in [1.82, 2.24) is 15.2 Å². The first-order valence-electron chi connectivity index (χ1n) is 10.5. The highest BCUT2D eigenvalue weighted by Gasteiger charge is 2.39. The highest BCUT2D eigenvalue weighted by Crippen LogP contribution is 2.28. The van der Waals surface area contributed by atoms with Crippen molar-refractivity contribution < 1.29 is 23.9 Å². The number of piperidine rings is 1. The van der Waals surface area contributed by atoms with Crippen molar-refractivity contribution >= 4 is 29.5 Å². The van der Waals surface area contributed by atoms with Crippen LogP contribution in [0.2, 0.25) is 0 Å². The van der Waals surface area contributed by atoms with Crippen LogP contribution >= 0.6 is 0 Å². The quantitative estimate of drug-likeness (QED) is 0.696. The van der Waals surface area contributed by atoms with Crippen LogP contribution in [0, 0.1) is 6.92 Å². The summed E-state index contributed by atoms with van der Waals surface area (Å²) in [5.74, 6) is -1.03. The Kier molecular flexibility index (Phi) is 5.89. The summed E-state index contributed by atoms with van der Waals surface area (Å²) in [7, 11) is 0. The van der Waals surface area contributed by atoms with E-state index in [1.807, 2.05) is 19.9 Å². The third kappa shape index (κ3) is 4.32. The molecule has 0 radical (unpaired) electrons. The smallest absolute Gasteiger partial charge is 0.412 e. The molecule has 1 aromatic heterocycles. The Labute approximate surface area is 185 Å². The van der Waals surface area contributed by atoms with E-state index >= 15 is 0 Å². The van der Waals surface area contributed by atoms with Gasteiger partial charge in [-0.2, -0.15) is 0 Å². The average Bonchev–Trinajstić information content (AvgIpc) is 3.09. The minimum atomic E-state index is -0.658. The number of imide groups is 1. The van der Waals surface area contributed by atoms with E-state index in [-0.39, 0.29) is 24.8 Å². The highest BCUT2D eigenvalue weighted by molar-refractivity contribution is 6.05. The summed E-state index contributed by atoms with van der Waals surface area (Å²) in [5, 5.41) is 4.95. The van der Waals surface area contributed by atoms with Gasteiger partial charge in [-0.05, 0) is 48.6 Å². The number of hydrogen-bond acceptors (Lipinski definition) is 6. The summed E-state index contributed by atoms with van der Waals surface area (Å²) in [6.45, 7) is 4.23. The summed E-state index contributed by atoms with van der Waals surface area (Å²) in [6, 6.07) is 6.47. The van der Waals surface area contributed by atoms with Crippen molar-refractivity contribution in [2.75, 3.05) is 5.32 Å². The van der Waals surface area contributed by atoms with Gasteiger partial charge in [-0.1, -0.05) is 19.1 Å². The molecule has 0 spiro atoms. The molecule has 2 aromatic rings. The molecule has 1 atom stereocenters. The van der Waals surface area contributed by atoms with Gasteiger partial charge in [0.1, 0.15) is 12.6 Å². The van der Waals surface area contributed by atoms with Gasteiger partial charge in [0.15, 0.2) is 0 Å². The molecule has 2 aliphatic heterocycles. The van der Waals surface area contributed by atoms with E-state index in [1.54, 1.807) is 24.4 Å². The van der Waals surface area contributed by atoms with Gasteiger partial charge in [0, 0.05) is 24.2 Å². The lowest BCUT2D eigenvalue weighted by molar-refractivity contribution is -0.136. The number of rotatable bonds is 5. The molecule has 32 heavy (non-hydrogen) atoms. The number of aromatic nitrogens is 1. The van der Waals surface area contributed by atoms with E-state index in [0.29, 0.717) is 29.8 Å². The molecule has 2 N–H and O–H groups in total. The number of fused-ring (bicyclic) bond motifs is 1. The Balaban J connectivity index is 1.38. The number of benzene rings is 1. The number of pyridine rings is 1. The van der Waals surface area contributed by atoms with Gasteiger partial charge in [0.25, 0.3) is 5.91 Å². The molecule has 0 saturated carbocycles. The van der Waals surface area contributed by atoms with Crippen LogP contribution in [0.5, 0.6) is 0 Å². The fourth-order valence-corrected chi connectivity index (χ4v) is 4.00. The Morgan fingerprint density at radius 3 is 2.84 bits per heavy atom. The van der Waals surface area contributed by atoms with E-state index in [9.17, 15) is 19.2 Å². The molecule has 4 amide bonds. The van der Waals surface area contributed by atoms with Crippen molar-refractivity contribution in [2.24, 2.45) is 0 Å². The molecule has 1 fully saturated rings. The number of amides is 4. The normalized spacial score (nSPS) is 17.8. The molecule has 1 unspecified atom stereocenters. The summed E-state index contributed by atoms with van der Waals surface area (Å²) >= 11 is 0. The van der Waals surface area contributed by atoms with Gasteiger partial charge in [-0.3, -0.25) is 30.0 Å². The van der Waals surface area contributed by atoms with Gasteiger partial charge < -0.3 is 9.64 Å². The summed E-state index contributed by atoms with van der Waals surface area (Å²) in [5.41, 5.74) is 4.45. The molecule has 1 aromatic carbocycles. The predicted molar refractivity (Wildman–Crippen MR) is 115 cm³/mol. The monoisotopic (exact) mass is 436 g/mol. The van der Waals surface area contributed by atoms with Crippen LogP contribution in [-0.2, 0) is 33.9 Å². The van der Waals surface area contributed by atoms with Crippen LogP contribution in [0.1, 0.15) is 52.5 Å². The number of carbonyl (C=O) groups is 4. The molecule has 3 heterocycles. The van der Waals surface area contributed by atoms with Gasteiger partial charge in [-0.25, -0.2) is 4.79 Å². The topological polar surface area (TPSA) is 118 Å². The van der Waals surface area contributed by atoms with Gasteiger partial charge in [0.05, 0.1) is 11.9 Å². The van der Waals surface area contributed by atoms with E-state index in [1.165, 1.54) is 4.90 Å². The third-order valence-electron chi connectivity index (χ3n) is 5.78. The van der Waals surface area contributed by atoms with E-state index in [4.69, 9.17) is 4.74 Å². The van der Waals surface area contributed by atoms with Gasteiger partial charge in [0.2, 0.25) is 11.8 Å². The molecule has 1 saturated heterocycles. The van der Waals surface area contributed by atoms with Crippen LogP contribution in [0.4, 0.5) is 10.5 Å². The van der Waals surface area contributed by atoms with E-state index in [0.717, 1.165) is 23.2 Å². The van der Waals surface area contributed by atoms with Crippen molar-refractivity contribution in [2.45, 2.75) is 52.3 Å². The van der Waals surface area contributed by atoms with E-state index in [2.05, 4.69) is 15.6 Å². The summed E-state index contributed by atoms with van der Waals surface area (Å²) < 4.78 is 5.30. The largest absolute Gasteiger partial charge is 0.444 e. The molecule has 166 valence electrons. The number of aryl methyl sites for hydroxylation is 2. The lowest BCUT2D eigenvalue weighted by Gasteiger charge is -2.29.